The van der Waals surface area contributed by atoms with Crippen LogP contribution >= 0.6 is 0 Å². The van der Waals surface area contributed by atoms with Crippen molar-refractivity contribution in [3.05, 3.63) is 58.7 Å². The van der Waals surface area contributed by atoms with Crippen LogP contribution in [0, 0.1) is 5.92 Å². The van der Waals surface area contributed by atoms with Gasteiger partial charge >= 0.3 is 0 Å². The molecule has 0 bridgehead atoms. The molecule has 4 rings (SSSR count). The van der Waals surface area contributed by atoms with Gasteiger partial charge in [-0.2, -0.15) is 0 Å². The highest BCUT2D eigenvalue weighted by molar-refractivity contribution is 6.46. The Morgan fingerprint density at radius 3 is 2.59 bits per heavy atom. The van der Waals surface area contributed by atoms with Crippen LogP contribution in [-0.4, -0.2) is 73.1 Å². The number of likely N-dealkylation sites (N-methyl/N-ethyl adjacent to an activating group) is 1. The van der Waals surface area contributed by atoms with E-state index in [9.17, 15) is 14.7 Å². The van der Waals surface area contributed by atoms with Crippen LogP contribution in [0.4, 0.5) is 0 Å². The highest BCUT2D eigenvalue weighted by Crippen LogP contribution is 2.42. The van der Waals surface area contributed by atoms with E-state index in [1.807, 2.05) is 63.2 Å². The van der Waals surface area contributed by atoms with Crippen molar-refractivity contribution in [2.45, 2.75) is 52.7 Å². The number of carbonyl (C=O) groups is 2. The van der Waals surface area contributed by atoms with Crippen LogP contribution in [-0.2, 0) is 16.0 Å². The zero-order valence-electron chi connectivity index (χ0n) is 23.8. The molecule has 8 heteroatoms. The normalized spacial score (nSPS) is 20.1. The Kier molecular flexibility index (Phi) is 8.85. The molecule has 2 atom stereocenters. The second kappa shape index (κ2) is 12.1. The second-order valence-electron chi connectivity index (χ2n) is 10.9. The SMILES string of the molecule is CCOc1cc([C@@H]2C(=C(O)c3ccc4c(c3)C[C@@H](C)O4)C(=O)C(=O)N2CCN(C)C)ccc1OCCC(C)C. The van der Waals surface area contributed by atoms with Gasteiger partial charge in [0.05, 0.1) is 24.8 Å². The molecule has 210 valence electrons. The third kappa shape index (κ3) is 6.22. The molecule has 2 aromatic carbocycles. The van der Waals surface area contributed by atoms with E-state index in [0.717, 1.165) is 17.7 Å². The van der Waals surface area contributed by atoms with E-state index in [-0.39, 0.29) is 17.4 Å². The third-order valence-corrected chi connectivity index (χ3v) is 7.03. The van der Waals surface area contributed by atoms with Crippen molar-refractivity contribution in [1.82, 2.24) is 9.80 Å². The number of hydrogen-bond donors (Lipinski definition) is 1. The van der Waals surface area contributed by atoms with E-state index < -0.39 is 17.7 Å². The minimum absolute atomic E-state index is 0.0484. The van der Waals surface area contributed by atoms with Crippen molar-refractivity contribution in [3.63, 3.8) is 0 Å². The number of benzene rings is 2. The van der Waals surface area contributed by atoms with Gasteiger partial charge in [-0.1, -0.05) is 19.9 Å². The number of likely N-dealkylation sites (tertiary alicyclic amines) is 1. The molecule has 1 fully saturated rings. The molecule has 0 unspecified atom stereocenters. The minimum atomic E-state index is -0.766. The summed E-state index contributed by atoms with van der Waals surface area (Å²) in [5, 5.41) is 11.5. The molecule has 0 spiro atoms. The second-order valence-corrected chi connectivity index (χ2v) is 10.9. The van der Waals surface area contributed by atoms with Crippen LogP contribution < -0.4 is 14.2 Å². The van der Waals surface area contributed by atoms with E-state index in [2.05, 4.69) is 13.8 Å². The maximum Gasteiger partial charge on any atom is 0.295 e. The number of fused-ring (bicyclic) bond motifs is 1. The lowest BCUT2D eigenvalue weighted by Gasteiger charge is -2.27. The molecule has 0 radical (unpaired) electrons. The first-order valence-electron chi connectivity index (χ1n) is 13.7. The molecule has 2 aliphatic heterocycles. The van der Waals surface area contributed by atoms with E-state index in [1.54, 1.807) is 6.07 Å². The summed E-state index contributed by atoms with van der Waals surface area (Å²) < 4.78 is 17.7. The van der Waals surface area contributed by atoms with E-state index in [0.29, 0.717) is 61.3 Å². The summed E-state index contributed by atoms with van der Waals surface area (Å²) in [7, 11) is 3.82. The van der Waals surface area contributed by atoms with Gasteiger partial charge in [0.25, 0.3) is 11.7 Å². The topological polar surface area (TPSA) is 88.5 Å². The highest BCUT2D eigenvalue weighted by atomic mass is 16.5. The van der Waals surface area contributed by atoms with Crippen molar-refractivity contribution < 1.29 is 28.9 Å². The van der Waals surface area contributed by atoms with Crippen LogP contribution in [0.1, 0.15) is 56.8 Å². The van der Waals surface area contributed by atoms with Gasteiger partial charge in [0.15, 0.2) is 11.5 Å². The van der Waals surface area contributed by atoms with Gasteiger partial charge in [-0.25, -0.2) is 0 Å². The highest BCUT2D eigenvalue weighted by Gasteiger charge is 2.46. The largest absolute Gasteiger partial charge is 0.507 e. The average molecular weight is 537 g/mol. The minimum Gasteiger partial charge on any atom is -0.507 e. The van der Waals surface area contributed by atoms with Crippen molar-refractivity contribution in [2.24, 2.45) is 5.92 Å². The monoisotopic (exact) mass is 536 g/mol. The lowest BCUT2D eigenvalue weighted by Crippen LogP contribution is -2.35. The molecular formula is C31H40N2O6. The number of carbonyl (C=O) groups excluding carboxylic acids is 2. The number of hydrogen-bond acceptors (Lipinski definition) is 7. The first kappa shape index (κ1) is 28.5. The third-order valence-electron chi connectivity index (χ3n) is 7.03. The summed E-state index contributed by atoms with van der Waals surface area (Å²) in [6, 6.07) is 10.1. The van der Waals surface area contributed by atoms with Crippen LogP contribution in [0.25, 0.3) is 5.76 Å². The Hall–Kier alpha value is -3.52. The summed E-state index contributed by atoms with van der Waals surface area (Å²) in [6.07, 6.45) is 1.67. The molecule has 0 aromatic heterocycles. The van der Waals surface area contributed by atoms with Crippen LogP contribution in [0.5, 0.6) is 17.2 Å². The first-order chi connectivity index (χ1) is 18.6. The predicted octanol–water partition coefficient (Wildman–Crippen LogP) is 4.82. The van der Waals surface area contributed by atoms with E-state index in [1.165, 1.54) is 4.90 Å². The molecule has 1 N–H and O–H groups in total. The van der Waals surface area contributed by atoms with Crippen LogP contribution in [0.2, 0.25) is 0 Å². The lowest BCUT2D eigenvalue weighted by molar-refractivity contribution is -0.140. The number of Topliss-reactive ketones (excluding diaryl/α,β-unsaturated/α-hetero) is 1. The summed E-state index contributed by atoms with van der Waals surface area (Å²) in [4.78, 5) is 30.2. The molecule has 39 heavy (non-hydrogen) atoms. The molecule has 0 aliphatic carbocycles. The molecule has 1 saturated heterocycles. The van der Waals surface area contributed by atoms with Crippen molar-refractivity contribution in [2.75, 3.05) is 40.4 Å². The zero-order chi connectivity index (χ0) is 28.3. The Balaban J connectivity index is 1.78. The number of aliphatic hydroxyl groups excluding tert-OH is 1. The first-order valence-corrected chi connectivity index (χ1v) is 13.7. The van der Waals surface area contributed by atoms with Gasteiger partial charge in [0.2, 0.25) is 0 Å². The van der Waals surface area contributed by atoms with Gasteiger partial charge in [-0.3, -0.25) is 9.59 Å². The smallest absolute Gasteiger partial charge is 0.295 e. The summed E-state index contributed by atoms with van der Waals surface area (Å²) >= 11 is 0. The standard InChI is InChI=1S/C31H40N2O6/c1-7-37-26-18-21(8-11-25(26)38-15-12-19(2)3)28-27(30(35)31(36)33(28)14-13-32(5)6)29(34)22-9-10-24-23(17-22)16-20(4)39-24/h8-11,17-20,28,34H,7,12-16H2,1-6H3/t20-,28-/m1/s1. The van der Waals surface area contributed by atoms with Gasteiger partial charge in [-0.15, -0.1) is 0 Å². The van der Waals surface area contributed by atoms with Gasteiger partial charge in [0.1, 0.15) is 17.6 Å². The number of ketones is 1. The summed E-state index contributed by atoms with van der Waals surface area (Å²) in [6.45, 7) is 10.0. The van der Waals surface area contributed by atoms with Crippen molar-refractivity contribution in [3.8, 4) is 17.2 Å². The Labute approximate surface area is 231 Å². The van der Waals surface area contributed by atoms with Crippen molar-refractivity contribution >= 4 is 17.4 Å². The quantitative estimate of drug-likeness (QED) is 0.250. The average Bonchev–Trinajstić information content (AvgIpc) is 3.38. The lowest BCUT2D eigenvalue weighted by atomic mass is 9.94. The molecule has 0 saturated carbocycles. The Morgan fingerprint density at radius 1 is 1.13 bits per heavy atom. The molecular weight excluding hydrogens is 496 g/mol. The number of nitrogens with zero attached hydrogens (tertiary/aromatic N) is 2. The van der Waals surface area contributed by atoms with Gasteiger partial charge in [-0.05, 0) is 81.7 Å². The van der Waals surface area contributed by atoms with Crippen molar-refractivity contribution in [1.29, 1.82) is 0 Å². The van der Waals surface area contributed by atoms with Crippen LogP contribution in [0.3, 0.4) is 0 Å². The fraction of sp³-hybridized carbons (Fsp3) is 0.484. The van der Waals surface area contributed by atoms with Gasteiger partial charge < -0.3 is 29.1 Å². The molecule has 1 amide bonds. The fourth-order valence-electron chi connectivity index (χ4n) is 4.98. The molecule has 2 aromatic rings. The van der Waals surface area contributed by atoms with E-state index >= 15 is 0 Å². The number of ether oxygens (including phenoxy) is 3. The maximum absolute atomic E-state index is 13.4. The summed E-state index contributed by atoms with van der Waals surface area (Å²) in [5.74, 6) is 0.915. The molecule has 2 heterocycles. The molecule has 8 nitrogen and oxygen atoms in total. The molecule has 2 aliphatic rings. The zero-order valence-corrected chi connectivity index (χ0v) is 23.8. The van der Waals surface area contributed by atoms with Gasteiger partial charge in [0, 0.05) is 25.1 Å². The fourth-order valence-corrected chi connectivity index (χ4v) is 4.98. The Bertz CT molecular complexity index is 1250. The number of amides is 1. The maximum atomic E-state index is 13.4. The predicted molar refractivity (Wildman–Crippen MR) is 150 cm³/mol. The van der Waals surface area contributed by atoms with E-state index in [4.69, 9.17) is 14.2 Å². The van der Waals surface area contributed by atoms with Crippen LogP contribution in [0.15, 0.2) is 42.0 Å². The summed E-state index contributed by atoms with van der Waals surface area (Å²) in [5.41, 5.74) is 2.20. The number of aliphatic hydroxyl groups is 1. The number of rotatable bonds is 11. The Morgan fingerprint density at radius 2 is 1.90 bits per heavy atom.